The van der Waals surface area contributed by atoms with Crippen molar-refractivity contribution in [1.29, 1.82) is 0 Å². The van der Waals surface area contributed by atoms with Crippen molar-refractivity contribution in [1.82, 2.24) is 10.2 Å². The number of piperidine rings is 1. The van der Waals surface area contributed by atoms with Gasteiger partial charge in [0, 0.05) is 26.1 Å². The standard InChI is InChI=1S/C17H22ClN3O2.ClH/c1-20(13-6-8-19-9-7-13)17(23)12-10-16(22)21(11-12)15-5-3-2-4-14(15)18;/h2-5,12-13,19H,6-11H2,1H3;1H. The summed E-state index contributed by atoms with van der Waals surface area (Å²) >= 11 is 6.18. The van der Waals surface area contributed by atoms with Crippen molar-refractivity contribution in [2.75, 3.05) is 31.6 Å². The molecule has 2 saturated heterocycles. The van der Waals surface area contributed by atoms with E-state index in [4.69, 9.17) is 11.6 Å². The maximum absolute atomic E-state index is 12.7. The number of rotatable bonds is 3. The largest absolute Gasteiger partial charge is 0.342 e. The molecular weight excluding hydrogens is 349 g/mol. The van der Waals surface area contributed by atoms with Gasteiger partial charge in [0.15, 0.2) is 0 Å². The molecule has 132 valence electrons. The van der Waals surface area contributed by atoms with Crippen LogP contribution in [0.2, 0.25) is 5.02 Å². The fourth-order valence-corrected chi connectivity index (χ4v) is 3.68. The summed E-state index contributed by atoms with van der Waals surface area (Å²) in [7, 11) is 1.86. The monoisotopic (exact) mass is 371 g/mol. The summed E-state index contributed by atoms with van der Waals surface area (Å²) in [6, 6.07) is 7.54. The Bertz CT molecular complexity index is 605. The zero-order valence-electron chi connectivity index (χ0n) is 13.7. The second-order valence-corrected chi connectivity index (χ2v) is 6.69. The number of carbonyl (C=O) groups is 2. The average Bonchev–Trinajstić information content (AvgIpc) is 2.96. The molecule has 2 fully saturated rings. The summed E-state index contributed by atoms with van der Waals surface area (Å²) in [5.41, 5.74) is 0.694. The minimum absolute atomic E-state index is 0. The van der Waals surface area contributed by atoms with E-state index in [1.54, 1.807) is 11.0 Å². The highest BCUT2D eigenvalue weighted by Gasteiger charge is 2.38. The van der Waals surface area contributed by atoms with Gasteiger partial charge in [-0.15, -0.1) is 12.4 Å². The molecule has 0 saturated carbocycles. The minimum atomic E-state index is -0.279. The highest BCUT2D eigenvalue weighted by Crippen LogP contribution is 2.31. The number of para-hydroxylation sites is 1. The molecule has 0 radical (unpaired) electrons. The Morgan fingerprint density at radius 3 is 2.62 bits per heavy atom. The van der Waals surface area contributed by atoms with Crippen LogP contribution in [0.1, 0.15) is 19.3 Å². The zero-order valence-corrected chi connectivity index (χ0v) is 15.3. The Hall–Kier alpha value is -1.30. The molecule has 1 atom stereocenters. The van der Waals surface area contributed by atoms with Gasteiger partial charge in [-0.3, -0.25) is 9.59 Å². The maximum Gasteiger partial charge on any atom is 0.228 e. The topological polar surface area (TPSA) is 52.7 Å². The van der Waals surface area contributed by atoms with Gasteiger partial charge in [0.05, 0.1) is 16.6 Å². The van der Waals surface area contributed by atoms with Crippen LogP contribution in [-0.2, 0) is 9.59 Å². The minimum Gasteiger partial charge on any atom is -0.342 e. The van der Waals surface area contributed by atoms with E-state index in [9.17, 15) is 9.59 Å². The van der Waals surface area contributed by atoms with Gasteiger partial charge in [0.25, 0.3) is 0 Å². The Morgan fingerprint density at radius 2 is 1.96 bits per heavy atom. The van der Waals surface area contributed by atoms with Gasteiger partial charge in [-0.05, 0) is 38.1 Å². The number of carbonyl (C=O) groups excluding carboxylic acids is 2. The van der Waals surface area contributed by atoms with Gasteiger partial charge < -0.3 is 15.1 Å². The third-order valence-electron chi connectivity index (χ3n) is 4.82. The molecule has 0 aromatic heterocycles. The quantitative estimate of drug-likeness (QED) is 0.886. The highest BCUT2D eigenvalue weighted by molar-refractivity contribution is 6.33. The van der Waals surface area contributed by atoms with Crippen molar-refractivity contribution in [3.63, 3.8) is 0 Å². The molecular formula is C17H23Cl2N3O2. The summed E-state index contributed by atoms with van der Waals surface area (Å²) < 4.78 is 0. The Kier molecular flexibility index (Phi) is 6.49. The molecule has 0 spiro atoms. The molecule has 1 aromatic rings. The van der Waals surface area contributed by atoms with E-state index in [-0.39, 0.29) is 42.6 Å². The number of nitrogens with one attached hydrogen (secondary N) is 1. The van der Waals surface area contributed by atoms with Gasteiger partial charge >= 0.3 is 0 Å². The van der Waals surface area contributed by atoms with Crippen molar-refractivity contribution < 1.29 is 9.59 Å². The normalized spacial score (nSPS) is 21.5. The summed E-state index contributed by atoms with van der Waals surface area (Å²) in [5.74, 6) is -0.242. The second kappa shape index (κ2) is 8.19. The van der Waals surface area contributed by atoms with Gasteiger partial charge in [0.1, 0.15) is 0 Å². The van der Waals surface area contributed by atoms with E-state index < -0.39 is 0 Å². The molecule has 2 amide bonds. The molecule has 0 bridgehead atoms. The van der Waals surface area contributed by atoms with Crippen molar-refractivity contribution >= 4 is 41.5 Å². The van der Waals surface area contributed by atoms with Crippen LogP contribution in [0.3, 0.4) is 0 Å². The number of anilines is 1. The smallest absolute Gasteiger partial charge is 0.228 e. The van der Waals surface area contributed by atoms with Gasteiger partial charge in [-0.1, -0.05) is 23.7 Å². The lowest BCUT2D eigenvalue weighted by atomic mass is 10.0. The summed E-state index contributed by atoms with van der Waals surface area (Å²) in [5, 5.41) is 3.85. The van der Waals surface area contributed by atoms with Crippen molar-refractivity contribution in [3.8, 4) is 0 Å². The van der Waals surface area contributed by atoms with Crippen LogP contribution >= 0.6 is 24.0 Å². The van der Waals surface area contributed by atoms with E-state index >= 15 is 0 Å². The Labute approximate surface area is 153 Å². The molecule has 7 heteroatoms. The summed E-state index contributed by atoms with van der Waals surface area (Å²) in [6.45, 7) is 2.30. The summed E-state index contributed by atoms with van der Waals surface area (Å²) in [4.78, 5) is 28.6. The molecule has 2 aliphatic rings. The predicted octanol–water partition coefficient (Wildman–Crippen LogP) is 2.33. The van der Waals surface area contributed by atoms with Crippen LogP contribution in [0, 0.1) is 5.92 Å². The second-order valence-electron chi connectivity index (χ2n) is 6.29. The Morgan fingerprint density at radius 1 is 1.29 bits per heavy atom. The molecule has 1 aromatic carbocycles. The number of halogens is 2. The molecule has 0 aliphatic carbocycles. The van der Waals surface area contributed by atoms with Crippen LogP contribution in [0.15, 0.2) is 24.3 Å². The molecule has 5 nitrogen and oxygen atoms in total. The van der Waals surface area contributed by atoms with Crippen LogP contribution in [0.5, 0.6) is 0 Å². The van der Waals surface area contributed by atoms with Crippen LogP contribution in [0.4, 0.5) is 5.69 Å². The van der Waals surface area contributed by atoms with Gasteiger partial charge in [-0.25, -0.2) is 0 Å². The van der Waals surface area contributed by atoms with Crippen LogP contribution in [0.25, 0.3) is 0 Å². The molecule has 1 N–H and O–H groups in total. The maximum atomic E-state index is 12.7. The number of benzene rings is 1. The first kappa shape index (κ1) is 19.0. The average molecular weight is 372 g/mol. The van der Waals surface area contributed by atoms with Gasteiger partial charge in [-0.2, -0.15) is 0 Å². The number of hydrogen-bond acceptors (Lipinski definition) is 3. The third kappa shape index (κ3) is 3.85. The lowest BCUT2D eigenvalue weighted by molar-refractivity contribution is -0.137. The first-order valence-electron chi connectivity index (χ1n) is 8.10. The van der Waals surface area contributed by atoms with Crippen molar-refractivity contribution in [3.05, 3.63) is 29.3 Å². The molecule has 3 rings (SSSR count). The molecule has 2 heterocycles. The third-order valence-corrected chi connectivity index (χ3v) is 5.14. The van der Waals surface area contributed by atoms with Crippen LogP contribution in [-0.4, -0.2) is 49.4 Å². The predicted molar refractivity (Wildman–Crippen MR) is 97.8 cm³/mol. The van der Waals surface area contributed by atoms with Gasteiger partial charge in [0.2, 0.25) is 11.8 Å². The fraction of sp³-hybridized carbons (Fsp3) is 0.529. The molecule has 24 heavy (non-hydrogen) atoms. The lowest BCUT2D eigenvalue weighted by Gasteiger charge is -2.33. The SMILES string of the molecule is CN(C(=O)C1CC(=O)N(c2ccccc2Cl)C1)C1CCNCC1.Cl. The molecule has 2 aliphatic heterocycles. The first-order valence-corrected chi connectivity index (χ1v) is 8.48. The number of hydrogen-bond donors (Lipinski definition) is 1. The highest BCUT2D eigenvalue weighted by atomic mass is 35.5. The zero-order chi connectivity index (χ0) is 16.4. The van der Waals surface area contributed by atoms with E-state index in [0.29, 0.717) is 17.3 Å². The van der Waals surface area contributed by atoms with E-state index in [1.807, 2.05) is 30.1 Å². The lowest BCUT2D eigenvalue weighted by Crippen LogP contribution is -2.46. The number of nitrogens with zero attached hydrogens (tertiary/aromatic N) is 2. The van der Waals surface area contributed by atoms with Crippen LogP contribution < -0.4 is 10.2 Å². The van der Waals surface area contributed by atoms with E-state index in [0.717, 1.165) is 25.9 Å². The van der Waals surface area contributed by atoms with E-state index in [2.05, 4.69) is 5.32 Å². The van der Waals surface area contributed by atoms with E-state index in [1.165, 1.54) is 0 Å². The van der Waals surface area contributed by atoms with Crippen molar-refractivity contribution in [2.24, 2.45) is 5.92 Å². The summed E-state index contributed by atoms with van der Waals surface area (Å²) in [6.07, 6.45) is 2.20. The van der Waals surface area contributed by atoms with Crippen molar-refractivity contribution in [2.45, 2.75) is 25.3 Å². The molecule has 1 unspecified atom stereocenters. The number of amides is 2. The first-order chi connectivity index (χ1) is 11.1. The fourth-order valence-electron chi connectivity index (χ4n) is 3.44. The Balaban J connectivity index is 0.00000208.